The maximum atomic E-state index is 13.8. The number of sulfonamides is 1. The minimum Gasteiger partial charge on any atom is -0.392 e. The molecule has 0 radical (unpaired) electrons. The van der Waals surface area contributed by atoms with Gasteiger partial charge in [0.1, 0.15) is 10.7 Å². The molecule has 1 unspecified atom stereocenters. The first-order valence-corrected chi connectivity index (χ1v) is 8.01. The summed E-state index contributed by atoms with van der Waals surface area (Å²) < 4.78 is 40.8. The first kappa shape index (κ1) is 15.4. The lowest BCUT2D eigenvalue weighted by atomic mass is 10.1. The summed E-state index contributed by atoms with van der Waals surface area (Å²) in [6, 6.07) is 3.44. The van der Waals surface area contributed by atoms with E-state index in [1.54, 1.807) is 0 Å². The number of halogens is 1. The highest BCUT2D eigenvalue weighted by Crippen LogP contribution is 2.18. The molecule has 1 aliphatic heterocycles. The zero-order chi connectivity index (χ0) is 14.8. The second-order valence-electron chi connectivity index (χ2n) is 5.15. The minimum atomic E-state index is -3.87. The molecule has 0 aromatic heterocycles. The highest BCUT2D eigenvalue weighted by Gasteiger charge is 2.25. The smallest absolute Gasteiger partial charge is 0.243 e. The highest BCUT2D eigenvalue weighted by atomic mass is 32.2. The van der Waals surface area contributed by atoms with E-state index in [-0.39, 0.29) is 17.5 Å². The normalized spacial score (nSPS) is 21.1. The number of likely N-dealkylation sites (tertiary alicyclic amines) is 1. The lowest BCUT2D eigenvalue weighted by Crippen LogP contribution is -2.46. The Morgan fingerprint density at radius 3 is 2.85 bits per heavy atom. The predicted octanol–water partition coefficient (Wildman–Crippen LogP) is 0.690. The van der Waals surface area contributed by atoms with Crippen molar-refractivity contribution in [2.24, 2.45) is 0 Å². The summed E-state index contributed by atoms with van der Waals surface area (Å²) >= 11 is 0. The van der Waals surface area contributed by atoms with Crippen LogP contribution < -0.4 is 4.72 Å². The van der Waals surface area contributed by atoms with E-state index in [1.165, 1.54) is 12.1 Å². The molecule has 2 N–H and O–H groups in total. The van der Waals surface area contributed by atoms with Gasteiger partial charge in [-0.3, -0.25) is 0 Å². The molecular weight excluding hydrogens is 283 g/mol. The Morgan fingerprint density at radius 1 is 1.50 bits per heavy atom. The molecule has 0 amide bonds. The Balaban J connectivity index is 2.17. The van der Waals surface area contributed by atoms with Crippen LogP contribution in [-0.4, -0.2) is 44.6 Å². The topological polar surface area (TPSA) is 69.6 Å². The average molecular weight is 302 g/mol. The fourth-order valence-corrected chi connectivity index (χ4v) is 3.73. The van der Waals surface area contributed by atoms with Crippen LogP contribution in [0.2, 0.25) is 0 Å². The molecule has 1 atom stereocenters. The Labute approximate surface area is 118 Å². The lowest BCUT2D eigenvalue weighted by Gasteiger charge is -2.30. The summed E-state index contributed by atoms with van der Waals surface area (Å²) in [6.07, 6.45) is 1.66. The summed E-state index contributed by atoms with van der Waals surface area (Å²) in [6.45, 7) is 1.24. The Hall–Kier alpha value is -1.02. The van der Waals surface area contributed by atoms with Crippen LogP contribution in [0.15, 0.2) is 23.1 Å². The average Bonchev–Trinajstić information content (AvgIpc) is 2.37. The molecule has 7 heteroatoms. The second-order valence-corrected chi connectivity index (χ2v) is 6.83. The summed E-state index contributed by atoms with van der Waals surface area (Å²) in [5.74, 6) is -0.840. The van der Waals surface area contributed by atoms with Crippen molar-refractivity contribution in [3.8, 4) is 0 Å². The van der Waals surface area contributed by atoms with E-state index in [1.807, 2.05) is 11.9 Å². The molecule has 1 heterocycles. The van der Waals surface area contributed by atoms with E-state index in [9.17, 15) is 12.8 Å². The minimum absolute atomic E-state index is 0.198. The highest BCUT2D eigenvalue weighted by molar-refractivity contribution is 7.89. The standard InChI is InChI=1S/C13H19FN2O3S/c1-16-6-2-3-11(8-16)15-20(18,19)13-5-4-10(9-17)7-12(13)14/h4-5,7,11,15,17H,2-3,6,8-9H2,1H3. The third-order valence-corrected chi connectivity index (χ3v) is 4.97. The molecule has 0 saturated carbocycles. The van der Waals surface area contributed by atoms with Crippen LogP contribution >= 0.6 is 0 Å². The van der Waals surface area contributed by atoms with Gasteiger partial charge < -0.3 is 10.0 Å². The van der Waals surface area contributed by atoms with Gasteiger partial charge in [0.15, 0.2) is 0 Å². The number of nitrogens with zero attached hydrogens (tertiary/aromatic N) is 1. The molecule has 2 rings (SSSR count). The van der Waals surface area contributed by atoms with Crippen molar-refractivity contribution in [3.05, 3.63) is 29.6 Å². The third kappa shape index (κ3) is 3.54. The SMILES string of the molecule is CN1CCCC(NS(=O)(=O)c2ccc(CO)cc2F)C1. The van der Waals surface area contributed by atoms with Crippen molar-refractivity contribution in [1.82, 2.24) is 9.62 Å². The zero-order valence-corrected chi connectivity index (χ0v) is 12.2. The Morgan fingerprint density at radius 2 is 2.25 bits per heavy atom. The number of benzene rings is 1. The Bertz CT molecular complexity index is 577. The van der Waals surface area contributed by atoms with Crippen molar-refractivity contribution >= 4 is 10.0 Å². The predicted molar refractivity (Wildman–Crippen MR) is 73.2 cm³/mol. The number of rotatable bonds is 4. The van der Waals surface area contributed by atoms with Gasteiger partial charge in [-0.05, 0) is 44.1 Å². The summed E-state index contributed by atoms with van der Waals surface area (Å²) in [5, 5.41) is 8.91. The molecule has 0 spiro atoms. The lowest BCUT2D eigenvalue weighted by molar-refractivity contribution is 0.242. The first-order valence-electron chi connectivity index (χ1n) is 6.52. The van der Waals surface area contributed by atoms with E-state index in [0.29, 0.717) is 12.1 Å². The monoisotopic (exact) mass is 302 g/mol. The fraction of sp³-hybridized carbons (Fsp3) is 0.538. The van der Waals surface area contributed by atoms with E-state index >= 15 is 0 Å². The van der Waals surface area contributed by atoms with Gasteiger partial charge in [-0.1, -0.05) is 6.07 Å². The molecule has 1 saturated heterocycles. The number of piperidine rings is 1. The van der Waals surface area contributed by atoms with Crippen LogP contribution in [0.25, 0.3) is 0 Å². The van der Waals surface area contributed by atoms with Crippen LogP contribution in [0, 0.1) is 5.82 Å². The number of aliphatic hydroxyl groups excluding tert-OH is 1. The quantitative estimate of drug-likeness (QED) is 0.858. The van der Waals surface area contributed by atoms with Crippen LogP contribution in [0.5, 0.6) is 0 Å². The van der Waals surface area contributed by atoms with E-state index < -0.39 is 15.8 Å². The summed E-state index contributed by atoms with van der Waals surface area (Å²) in [5.41, 5.74) is 0.346. The molecule has 112 valence electrons. The van der Waals surface area contributed by atoms with E-state index in [2.05, 4.69) is 4.72 Å². The maximum absolute atomic E-state index is 13.8. The summed E-state index contributed by atoms with van der Waals surface area (Å²) in [4.78, 5) is 1.67. The number of likely N-dealkylation sites (N-methyl/N-ethyl adjacent to an activating group) is 1. The van der Waals surface area contributed by atoms with Crippen molar-refractivity contribution in [3.63, 3.8) is 0 Å². The zero-order valence-electron chi connectivity index (χ0n) is 11.3. The van der Waals surface area contributed by atoms with Crippen molar-refractivity contribution < 1.29 is 17.9 Å². The second kappa shape index (κ2) is 6.17. The molecule has 20 heavy (non-hydrogen) atoms. The molecular formula is C13H19FN2O3S. The van der Waals surface area contributed by atoms with Gasteiger partial charge >= 0.3 is 0 Å². The first-order chi connectivity index (χ1) is 9.42. The van der Waals surface area contributed by atoms with Crippen molar-refractivity contribution in [1.29, 1.82) is 0 Å². The van der Waals surface area contributed by atoms with Crippen molar-refractivity contribution in [2.75, 3.05) is 20.1 Å². The van der Waals surface area contributed by atoms with Crippen LogP contribution in [0.3, 0.4) is 0 Å². The Kier molecular flexibility index (Phi) is 4.74. The van der Waals surface area contributed by atoms with Gasteiger partial charge in [0.2, 0.25) is 10.0 Å². The molecule has 0 aliphatic carbocycles. The molecule has 1 fully saturated rings. The third-order valence-electron chi connectivity index (χ3n) is 3.41. The van der Waals surface area contributed by atoms with Gasteiger partial charge in [-0.25, -0.2) is 17.5 Å². The van der Waals surface area contributed by atoms with Crippen LogP contribution in [0.1, 0.15) is 18.4 Å². The van der Waals surface area contributed by atoms with Crippen LogP contribution in [-0.2, 0) is 16.6 Å². The molecule has 1 aliphatic rings. The fourth-order valence-electron chi connectivity index (χ4n) is 2.41. The van der Waals surface area contributed by atoms with Crippen LogP contribution in [0.4, 0.5) is 4.39 Å². The number of aliphatic hydroxyl groups is 1. The molecule has 0 bridgehead atoms. The summed E-state index contributed by atoms with van der Waals surface area (Å²) in [7, 11) is -1.94. The van der Waals surface area contributed by atoms with E-state index in [4.69, 9.17) is 5.11 Å². The largest absolute Gasteiger partial charge is 0.392 e. The van der Waals surface area contributed by atoms with Crippen molar-refractivity contribution in [2.45, 2.75) is 30.4 Å². The van der Waals surface area contributed by atoms with Gasteiger partial charge in [-0.15, -0.1) is 0 Å². The number of hydrogen-bond acceptors (Lipinski definition) is 4. The molecule has 1 aromatic carbocycles. The van der Waals surface area contributed by atoms with Gasteiger partial charge in [0, 0.05) is 12.6 Å². The molecule has 5 nitrogen and oxygen atoms in total. The molecule has 1 aromatic rings. The van der Waals surface area contributed by atoms with Gasteiger partial charge in [0.25, 0.3) is 0 Å². The number of nitrogens with one attached hydrogen (secondary N) is 1. The van der Waals surface area contributed by atoms with E-state index in [0.717, 1.165) is 25.5 Å². The maximum Gasteiger partial charge on any atom is 0.243 e. The van der Waals surface area contributed by atoms with Gasteiger partial charge in [-0.2, -0.15) is 0 Å². The number of hydrogen-bond donors (Lipinski definition) is 2. The van der Waals surface area contributed by atoms with Gasteiger partial charge in [0.05, 0.1) is 6.61 Å².